The molecule has 0 aliphatic carbocycles. The van der Waals surface area contributed by atoms with Crippen LogP contribution < -0.4 is 0 Å². The molecule has 0 heterocycles. The van der Waals surface area contributed by atoms with E-state index >= 15 is 0 Å². The lowest BCUT2D eigenvalue weighted by Crippen LogP contribution is -1.82. The molecule has 0 aromatic rings. The van der Waals surface area contributed by atoms with Gasteiger partial charge < -0.3 is 9.90 Å². The standard InChI is InChI=1S/C6H12O2.2ClH/c7-5-3-1-2-4-6-8;;/h5,8H,1-4,6H2;2*1H. The van der Waals surface area contributed by atoms with E-state index in [1.54, 1.807) is 0 Å². The highest BCUT2D eigenvalue weighted by atomic mass is 35.5. The molecule has 0 unspecified atom stereocenters. The molecule has 0 bridgehead atoms. The molecular weight excluding hydrogens is 175 g/mol. The zero-order valence-electron chi connectivity index (χ0n) is 5.78. The third kappa shape index (κ3) is 15.7. The minimum atomic E-state index is 0. The highest BCUT2D eigenvalue weighted by Gasteiger charge is 1.84. The molecule has 0 aromatic carbocycles. The van der Waals surface area contributed by atoms with Gasteiger partial charge in [0.05, 0.1) is 0 Å². The number of carbonyl (C=O) groups excluding carboxylic acids is 1. The molecule has 4 heteroatoms. The van der Waals surface area contributed by atoms with Gasteiger partial charge in [0, 0.05) is 13.0 Å². The third-order valence-electron chi connectivity index (χ3n) is 0.980. The summed E-state index contributed by atoms with van der Waals surface area (Å²) < 4.78 is 0. The highest BCUT2D eigenvalue weighted by molar-refractivity contribution is 5.85. The SMILES string of the molecule is Cl.Cl.O=CCCCCCO. The molecular formula is C6H14Cl2O2. The predicted octanol–water partition coefficient (Wildman–Crippen LogP) is 1.58. The molecule has 0 saturated carbocycles. The van der Waals surface area contributed by atoms with Crippen molar-refractivity contribution in [1.29, 1.82) is 0 Å². The van der Waals surface area contributed by atoms with Crippen molar-refractivity contribution in [1.82, 2.24) is 0 Å². The number of rotatable bonds is 5. The topological polar surface area (TPSA) is 37.3 Å². The van der Waals surface area contributed by atoms with Crippen LogP contribution in [0, 0.1) is 0 Å². The number of aliphatic hydroxyl groups excluding tert-OH is 1. The monoisotopic (exact) mass is 188 g/mol. The Hall–Kier alpha value is 0.210. The summed E-state index contributed by atoms with van der Waals surface area (Å²) in [7, 11) is 0. The first kappa shape index (κ1) is 16.7. The van der Waals surface area contributed by atoms with Crippen LogP contribution in [0.15, 0.2) is 0 Å². The van der Waals surface area contributed by atoms with Crippen LogP contribution in [0.4, 0.5) is 0 Å². The third-order valence-corrected chi connectivity index (χ3v) is 0.980. The molecule has 64 valence electrons. The fourth-order valence-corrected chi connectivity index (χ4v) is 0.516. The van der Waals surface area contributed by atoms with E-state index in [2.05, 4.69) is 0 Å². The van der Waals surface area contributed by atoms with Crippen molar-refractivity contribution in [3.63, 3.8) is 0 Å². The van der Waals surface area contributed by atoms with Gasteiger partial charge in [-0.15, -0.1) is 24.8 Å². The number of carbonyl (C=O) groups is 1. The fraction of sp³-hybridized carbons (Fsp3) is 0.833. The summed E-state index contributed by atoms with van der Waals surface area (Å²) >= 11 is 0. The summed E-state index contributed by atoms with van der Waals surface area (Å²) in [6, 6.07) is 0. The normalized spacial score (nSPS) is 7.30. The summed E-state index contributed by atoms with van der Waals surface area (Å²) in [6.45, 7) is 0.249. The van der Waals surface area contributed by atoms with Crippen molar-refractivity contribution in [2.45, 2.75) is 25.7 Å². The Morgan fingerprint density at radius 3 is 2.10 bits per heavy atom. The second-order valence-corrected chi connectivity index (χ2v) is 1.74. The zero-order chi connectivity index (χ0) is 6.24. The predicted molar refractivity (Wildman–Crippen MR) is 46.1 cm³/mol. The van der Waals surface area contributed by atoms with E-state index in [0.717, 1.165) is 25.5 Å². The first-order valence-corrected chi connectivity index (χ1v) is 2.96. The Kier molecular flexibility index (Phi) is 26.8. The zero-order valence-corrected chi connectivity index (χ0v) is 7.42. The average Bonchev–Trinajstić information content (AvgIpc) is 1.81. The molecule has 0 fully saturated rings. The fourth-order valence-electron chi connectivity index (χ4n) is 0.516. The van der Waals surface area contributed by atoms with Crippen LogP contribution in [-0.4, -0.2) is 18.0 Å². The van der Waals surface area contributed by atoms with Crippen molar-refractivity contribution in [3.05, 3.63) is 0 Å². The molecule has 1 N–H and O–H groups in total. The second kappa shape index (κ2) is 16.1. The van der Waals surface area contributed by atoms with Crippen LogP contribution in [0.1, 0.15) is 25.7 Å². The van der Waals surface area contributed by atoms with Crippen LogP contribution in [0.25, 0.3) is 0 Å². The van der Waals surface area contributed by atoms with Crippen molar-refractivity contribution in [2.24, 2.45) is 0 Å². The molecule has 0 spiro atoms. The maximum atomic E-state index is 9.71. The van der Waals surface area contributed by atoms with Gasteiger partial charge in [-0.25, -0.2) is 0 Å². The number of hydrogen-bond acceptors (Lipinski definition) is 2. The van der Waals surface area contributed by atoms with Crippen molar-refractivity contribution < 1.29 is 9.90 Å². The molecule has 2 nitrogen and oxygen atoms in total. The Morgan fingerprint density at radius 1 is 1.10 bits per heavy atom. The lowest BCUT2D eigenvalue weighted by Gasteiger charge is -1.90. The number of hydrogen-bond donors (Lipinski definition) is 1. The maximum Gasteiger partial charge on any atom is 0.119 e. The van der Waals surface area contributed by atoms with Crippen molar-refractivity contribution in [3.8, 4) is 0 Å². The highest BCUT2D eigenvalue weighted by Crippen LogP contribution is 1.95. The van der Waals surface area contributed by atoms with E-state index in [9.17, 15) is 4.79 Å². The number of aldehydes is 1. The second-order valence-electron chi connectivity index (χ2n) is 1.74. The lowest BCUT2D eigenvalue weighted by molar-refractivity contribution is -0.107. The molecule has 0 radical (unpaired) electrons. The summed E-state index contributed by atoms with van der Waals surface area (Å²) in [6.07, 6.45) is 4.27. The maximum absolute atomic E-state index is 9.71. The van der Waals surface area contributed by atoms with Gasteiger partial charge in [0.25, 0.3) is 0 Å². The van der Waals surface area contributed by atoms with Gasteiger partial charge in [-0.1, -0.05) is 6.42 Å². The summed E-state index contributed by atoms with van der Waals surface area (Å²) in [5.74, 6) is 0. The van der Waals surface area contributed by atoms with E-state index in [-0.39, 0.29) is 31.4 Å². The van der Waals surface area contributed by atoms with Crippen LogP contribution in [-0.2, 0) is 4.79 Å². The summed E-state index contributed by atoms with van der Waals surface area (Å²) in [5, 5.41) is 8.28. The number of halogens is 2. The van der Waals surface area contributed by atoms with Crippen molar-refractivity contribution >= 4 is 31.1 Å². The summed E-state index contributed by atoms with van der Waals surface area (Å²) in [4.78, 5) is 9.71. The lowest BCUT2D eigenvalue weighted by atomic mass is 10.2. The summed E-state index contributed by atoms with van der Waals surface area (Å²) in [5.41, 5.74) is 0. The van der Waals surface area contributed by atoms with Crippen LogP contribution in [0.3, 0.4) is 0 Å². The average molecular weight is 189 g/mol. The molecule has 0 rings (SSSR count). The Balaban J connectivity index is -0.000000245. The Labute approximate surface area is 73.8 Å². The minimum Gasteiger partial charge on any atom is -0.396 e. The van der Waals surface area contributed by atoms with E-state index < -0.39 is 0 Å². The van der Waals surface area contributed by atoms with Gasteiger partial charge in [-0.05, 0) is 12.8 Å². The number of aliphatic hydroxyl groups is 1. The molecule has 0 aliphatic rings. The largest absolute Gasteiger partial charge is 0.396 e. The van der Waals surface area contributed by atoms with Crippen LogP contribution in [0.5, 0.6) is 0 Å². The van der Waals surface area contributed by atoms with E-state index in [1.165, 1.54) is 0 Å². The Bertz CT molecular complexity index is 59.7. The van der Waals surface area contributed by atoms with Crippen LogP contribution in [0.2, 0.25) is 0 Å². The molecule has 10 heavy (non-hydrogen) atoms. The van der Waals surface area contributed by atoms with Gasteiger partial charge in [-0.2, -0.15) is 0 Å². The van der Waals surface area contributed by atoms with E-state index in [4.69, 9.17) is 5.11 Å². The van der Waals surface area contributed by atoms with Gasteiger partial charge in [0.1, 0.15) is 6.29 Å². The van der Waals surface area contributed by atoms with Crippen molar-refractivity contribution in [2.75, 3.05) is 6.61 Å². The van der Waals surface area contributed by atoms with E-state index in [0.29, 0.717) is 6.42 Å². The quantitative estimate of drug-likeness (QED) is 0.526. The Morgan fingerprint density at radius 2 is 1.70 bits per heavy atom. The van der Waals surface area contributed by atoms with Gasteiger partial charge >= 0.3 is 0 Å². The number of unbranched alkanes of at least 4 members (excludes halogenated alkanes) is 3. The van der Waals surface area contributed by atoms with Gasteiger partial charge in [-0.3, -0.25) is 0 Å². The molecule has 0 saturated heterocycles. The molecule has 0 amide bonds. The van der Waals surface area contributed by atoms with Gasteiger partial charge in [0.2, 0.25) is 0 Å². The molecule has 0 aromatic heterocycles. The first-order chi connectivity index (χ1) is 3.91. The van der Waals surface area contributed by atoms with E-state index in [1.807, 2.05) is 0 Å². The molecule has 0 atom stereocenters. The van der Waals surface area contributed by atoms with Crippen LogP contribution >= 0.6 is 24.8 Å². The minimum absolute atomic E-state index is 0. The smallest absolute Gasteiger partial charge is 0.119 e. The van der Waals surface area contributed by atoms with Gasteiger partial charge in [0.15, 0.2) is 0 Å². The first-order valence-electron chi connectivity index (χ1n) is 2.96. The molecule has 0 aliphatic heterocycles.